The van der Waals surface area contributed by atoms with Crippen LogP contribution in [0.1, 0.15) is 25.8 Å². The second-order valence-corrected chi connectivity index (χ2v) is 6.50. The Bertz CT molecular complexity index is 733. The van der Waals surface area contributed by atoms with Crippen molar-refractivity contribution in [2.24, 2.45) is 22.1 Å². The van der Waals surface area contributed by atoms with Gasteiger partial charge in [-0.05, 0) is 66.4 Å². The molecule has 26 heavy (non-hydrogen) atoms. The minimum Gasteiger partial charge on any atom is -0.497 e. The highest BCUT2D eigenvalue weighted by Crippen LogP contribution is 2.37. The molecule has 0 saturated carbocycles. The molecule has 0 unspecified atom stereocenters. The first kappa shape index (κ1) is 19.7. The zero-order valence-electron chi connectivity index (χ0n) is 15.4. The molecule has 0 bridgehead atoms. The van der Waals surface area contributed by atoms with Crippen LogP contribution < -0.4 is 4.74 Å². The van der Waals surface area contributed by atoms with E-state index in [4.69, 9.17) is 20.5 Å². The van der Waals surface area contributed by atoms with Crippen LogP contribution in [0.15, 0.2) is 45.6 Å². The van der Waals surface area contributed by atoms with Crippen LogP contribution in [0.2, 0.25) is 0 Å². The lowest BCUT2D eigenvalue weighted by Crippen LogP contribution is -2.38. The van der Waals surface area contributed by atoms with Gasteiger partial charge in [-0.15, -0.1) is 0 Å². The average molecular weight is 356 g/mol. The molecule has 3 atom stereocenters. The number of rotatable bonds is 8. The van der Waals surface area contributed by atoms with Crippen molar-refractivity contribution < 1.29 is 9.47 Å². The lowest BCUT2D eigenvalue weighted by Gasteiger charge is -2.38. The Hall–Kier alpha value is -2.66. The maximum atomic E-state index is 8.73. The lowest BCUT2D eigenvalue weighted by atomic mass is 9.74. The van der Waals surface area contributed by atoms with E-state index in [1.807, 2.05) is 24.3 Å². The number of nitrogens with zero attached hydrogens (tertiary/aromatic N) is 6. The van der Waals surface area contributed by atoms with E-state index in [1.165, 1.54) is 5.57 Å². The van der Waals surface area contributed by atoms with Gasteiger partial charge in [0.1, 0.15) is 5.75 Å². The van der Waals surface area contributed by atoms with E-state index in [2.05, 4.69) is 33.9 Å². The molecule has 1 aromatic carbocycles. The summed E-state index contributed by atoms with van der Waals surface area (Å²) in [6.07, 6.45) is 0.647. The molecule has 138 valence electrons. The van der Waals surface area contributed by atoms with Gasteiger partial charge in [0.25, 0.3) is 0 Å². The summed E-state index contributed by atoms with van der Waals surface area (Å²) < 4.78 is 11.4. The van der Waals surface area contributed by atoms with Crippen LogP contribution in [0.3, 0.4) is 0 Å². The van der Waals surface area contributed by atoms with E-state index < -0.39 is 0 Å². The van der Waals surface area contributed by atoms with Crippen molar-refractivity contribution in [2.45, 2.75) is 33.0 Å². The lowest BCUT2D eigenvalue weighted by molar-refractivity contribution is 0.00246. The van der Waals surface area contributed by atoms with Crippen molar-refractivity contribution in [1.82, 2.24) is 0 Å². The fourth-order valence-corrected chi connectivity index (χ4v) is 3.39. The van der Waals surface area contributed by atoms with Crippen LogP contribution >= 0.6 is 0 Å². The van der Waals surface area contributed by atoms with E-state index in [0.717, 1.165) is 23.3 Å². The van der Waals surface area contributed by atoms with Crippen LogP contribution in [0.25, 0.3) is 20.9 Å². The van der Waals surface area contributed by atoms with Gasteiger partial charge in [0.05, 0.1) is 19.8 Å². The van der Waals surface area contributed by atoms with Gasteiger partial charge in [-0.1, -0.05) is 27.9 Å². The Labute approximate surface area is 153 Å². The average Bonchev–Trinajstić information content (AvgIpc) is 2.67. The number of azide groups is 2. The Morgan fingerprint density at radius 2 is 1.73 bits per heavy atom. The molecule has 0 aliphatic heterocycles. The summed E-state index contributed by atoms with van der Waals surface area (Å²) in [4.78, 5) is 5.77. The molecule has 8 nitrogen and oxygen atoms in total. The largest absolute Gasteiger partial charge is 0.497 e. The molecule has 1 aliphatic carbocycles. The van der Waals surface area contributed by atoms with Gasteiger partial charge < -0.3 is 9.47 Å². The van der Waals surface area contributed by atoms with Crippen molar-refractivity contribution in [3.05, 3.63) is 61.9 Å². The molecule has 0 spiro atoms. The molecular weight excluding hydrogens is 332 g/mol. The van der Waals surface area contributed by atoms with Gasteiger partial charge in [0, 0.05) is 22.9 Å². The predicted octanol–water partition coefficient (Wildman–Crippen LogP) is 5.17. The Morgan fingerprint density at radius 1 is 1.08 bits per heavy atom. The van der Waals surface area contributed by atoms with E-state index in [0.29, 0.717) is 19.7 Å². The third-order valence-electron chi connectivity index (χ3n) is 4.99. The third-order valence-corrected chi connectivity index (χ3v) is 4.99. The fraction of sp³-hybridized carbons (Fsp3) is 0.556. The highest BCUT2D eigenvalue weighted by Gasteiger charge is 2.35. The molecule has 2 rings (SSSR count). The second-order valence-electron chi connectivity index (χ2n) is 6.50. The summed E-state index contributed by atoms with van der Waals surface area (Å²) in [7, 11) is 1.63. The Morgan fingerprint density at radius 3 is 2.35 bits per heavy atom. The van der Waals surface area contributed by atoms with Gasteiger partial charge in [0.15, 0.2) is 0 Å². The molecule has 0 aromatic heterocycles. The molecule has 0 N–H and O–H groups in total. The first-order valence-corrected chi connectivity index (χ1v) is 8.53. The summed E-state index contributed by atoms with van der Waals surface area (Å²) >= 11 is 0. The van der Waals surface area contributed by atoms with Crippen LogP contribution in [0.5, 0.6) is 5.75 Å². The van der Waals surface area contributed by atoms with Gasteiger partial charge in [-0.2, -0.15) is 0 Å². The molecule has 0 radical (unpaired) electrons. The van der Waals surface area contributed by atoms with Crippen LogP contribution in [-0.4, -0.2) is 26.3 Å². The van der Waals surface area contributed by atoms with Crippen molar-refractivity contribution >= 4 is 0 Å². The van der Waals surface area contributed by atoms with Gasteiger partial charge >= 0.3 is 0 Å². The van der Waals surface area contributed by atoms with Crippen LogP contribution in [0.4, 0.5) is 0 Å². The summed E-state index contributed by atoms with van der Waals surface area (Å²) in [6, 6.07) is 7.73. The molecule has 8 heteroatoms. The number of hydrogen-bond donors (Lipinski definition) is 0. The number of ether oxygens (including phenoxy) is 2. The number of hydrogen-bond acceptors (Lipinski definition) is 4. The van der Waals surface area contributed by atoms with E-state index >= 15 is 0 Å². The van der Waals surface area contributed by atoms with Crippen LogP contribution in [0, 0.1) is 11.8 Å². The molecule has 0 fully saturated rings. The van der Waals surface area contributed by atoms with Crippen molar-refractivity contribution in [2.75, 3.05) is 20.2 Å². The predicted molar refractivity (Wildman–Crippen MR) is 99.6 cm³/mol. The quantitative estimate of drug-likeness (QED) is 0.276. The minimum atomic E-state index is -0.171. The Balaban J connectivity index is 2.19. The topological polar surface area (TPSA) is 116 Å². The van der Waals surface area contributed by atoms with Gasteiger partial charge in [-0.25, -0.2) is 0 Å². The first-order chi connectivity index (χ1) is 12.6. The highest BCUT2D eigenvalue weighted by molar-refractivity contribution is 5.27. The standard InChI is InChI=1S/C18H24N6O2/c1-12-8-15(9-21-23-19)17(10-22-24-20)18(13(12)2)26-11-14-4-6-16(25-3)7-5-14/h4-7,15,17-18H,8-11H2,1-3H3/t15-,17-,18+/m1/s1. The number of allylic oxidation sites excluding steroid dienone is 1. The molecule has 0 saturated heterocycles. The summed E-state index contributed by atoms with van der Waals surface area (Å²) in [6.45, 7) is 5.27. The maximum Gasteiger partial charge on any atom is 0.118 e. The van der Waals surface area contributed by atoms with Crippen molar-refractivity contribution in [1.29, 1.82) is 0 Å². The molecule has 1 aliphatic rings. The highest BCUT2D eigenvalue weighted by atomic mass is 16.5. The van der Waals surface area contributed by atoms with Gasteiger partial charge in [0.2, 0.25) is 0 Å². The number of methoxy groups -OCH3 is 1. The maximum absolute atomic E-state index is 8.73. The third kappa shape index (κ3) is 4.92. The minimum absolute atomic E-state index is 0.0154. The number of benzene rings is 1. The van der Waals surface area contributed by atoms with E-state index in [1.54, 1.807) is 7.11 Å². The van der Waals surface area contributed by atoms with E-state index in [-0.39, 0.29) is 17.9 Å². The monoisotopic (exact) mass is 356 g/mol. The summed E-state index contributed by atoms with van der Waals surface area (Å²) in [5, 5.41) is 7.51. The Kier molecular flexibility index (Phi) is 7.36. The molecular formula is C18H24N6O2. The SMILES string of the molecule is COc1ccc(CO[C@H]2C(C)=C(C)C[C@H](CN=[N+]=[N-])[C@H]2CN=[N+]=[N-])cc1. The summed E-state index contributed by atoms with van der Waals surface area (Å²) in [5.41, 5.74) is 20.8. The van der Waals surface area contributed by atoms with Gasteiger partial charge in [-0.3, -0.25) is 0 Å². The molecule has 0 amide bonds. The van der Waals surface area contributed by atoms with Crippen molar-refractivity contribution in [3.8, 4) is 5.75 Å². The normalized spacial score (nSPS) is 22.3. The fourth-order valence-electron chi connectivity index (χ4n) is 3.39. The summed E-state index contributed by atoms with van der Waals surface area (Å²) in [5.74, 6) is 0.883. The van der Waals surface area contributed by atoms with E-state index in [9.17, 15) is 0 Å². The van der Waals surface area contributed by atoms with Crippen molar-refractivity contribution in [3.63, 3.8) is 0 Å². The molecule has 1 aromatic rings. The zero-order chi connectivity index (χ0) is 18.9. The second kappa shape index (κ2) is 9.73. The van der Waals surface area contributed by atoms with Crippen LogP contribution in [-0.2, 0) is 11.3 Å². The first-order valence-electron chi connectivity index (χ1n) is 8.53. The molecule has 0 heterocycles. The smallest absolute Gasteiger partial charge is 0.118 e. The zero-order valence-corrected chi connectivity index (χ0v) is 15.4.